The average molecular weight is 402 g/mol. The van der Waals surface area contributed by atoms with Gasteiger partial charge in [-0.2, -0.15) is 0 Å². The van der Waals surface area contributed by atoms with Gasteiger partial charge in [0.15, 0.2) is 5.17 Å². The Hall–Kier alpha value is -2.28. The predicted molar refractivity (Wildman–Crippen MR) is 113 cm³/mol. The van der Waals surface area contributed by atoms with Crippen LogP contribution < -0.4 is 5.32 Å². The molecule has 6 nitrogen and oxygen atoms in total. The van der Waals surface area contributed by atoms with E-state index in [1.165, 1.54) is 6.92 Å². The number of allylic oxidation sites excluding steroid dienone is 1. The molecule has 1 fully saturated rings. The third-order valence-corrected chi connectivity index (χ3v) is 5.63. The van der Waals surface area contributed by atoms with E-state index in [1.54, 1.807) is 11.8 Å². The summed E-state index contributed by atoms with van der Waals surface area (Å²) in [7, 11) is 0. The molecule has 1 unspecified atom stereocenters. The molecule has 0 aliphatic carbocycles. The van der Waals surface area contributed by atoms with Crippen LogP contribution in [0.3, 0.4) is 0 Å². The number of ether oxygens (including phenoxy) is 1. The summed E-state index contributed by atoms with van der Waals surface area (Å²) in [4.78, 5) is 31.3. The van der Waals surface area contributed by atoms with Gasteiger partial charge in [-0.05, 0) is 37.0 Å². The lowest BCUT2D eigenvalue weighted by atomic mass is 9.94. The van der Waals surface area contributed by atoms with Crippen LogP contribution in [0.4, 0.5) is 5.69 Å². The van der Waals surface area contributed by atoms with E-state index in [1.807, 2.05) is 45.0 Å². The van der Waals surface area contributed by atoms with Crippen molar-refractivity contribution in [2.75, 3.05) is 24.2 Å². The molecule has 0 spiro atoms. The maximum atomic E-state index is 13.0. The monoisotopic (exact) mass is 401 g/mol. The molecule has 1 aromatic carbocycles. The van der Waals surface area contributed by atoms with Crippen LogP contribution in [0.25, 0.3) is 0 Å². The number of anilines is 1. The molecular formula is C21H27N3O3S. The fourth-order valence-corrected chi connectivity index (χ4v) is 4.41. The molecule has 0 bridgehead atoms. The summed E-state index contributed by atoms with van der Waals surface area (Å²) >= 11 is 1.72. The second kappa shape index (κ2) is 8.82. The summed E-state index contributed by atoms with van der Waals surface area (Å²) in [6.07, 6.45) is 1.03. The number of hydrogen-bond acceptors (Lipinski definition) is 6. The van der Waals surface area contributed by atoms with Crippen molar-refractivity contribution < 1.29 is 14.3 Å². The van der Waals surface area contributed by atoms with Gasteiger partial charge in [0.25, 0.3) is 0 Å². The minimum Gasteiger partial charge on any atom is -0.462 e. The Morgan fingerprint density at radius 1 is 1.39 bits per heavy atom. The van der Waals surface area contributed by atoms with Crippen LogP contribution in [0.2, 0.25) is 0 Å². The van der Waals surface area contributed by atoms with Crippen LogP contribution >= 0.6 is 11.8 Å². The van der Waals surface area contributed by atoms with Gasteiger partial charge in [0.2, 0.25) is 5.91 Å². The van der Waals surface area contributed by atoms with Crippen molar-refractivity contribution in [1.29, 1.82) is 0 Å². The zero-order valence-corrected chi connectivity index (χ0v) is 17.6. The maximum Gasteiger partial charge on any atom is 0.338 e. The molecule has 150 valence electrons. The third kappa shape index (κ3) is 4.58. The molecule has 1 atom stereocenters. The molecule has 1 saturated heterocycles. The molecular weight excluding hydrogens is 374 g/mol. The zero-order chi connectivity index (χ0) is 20.3. The second-order valence-electron chi connectivity index (χ2n) is 7.49. The predicted octanol–water partition coefficient (Wildman–Crippen LogP) is 3.97. The van der Waals surface area contributed by atoms with Crippen molar-refractivity contribution in [1.82, 2.24) is 4.90 Å². The molecule has 0 radical (unpaired) electrons. The number of fused-ring (bicyclic) bond motifs is 1. The van der Waals surface area contributed by atoms with E-state index >= 15 is 0 Å². The summed E-state index contributed by atoms with van der Waals surface area (Å²) < 4.78 is 5.57. The SMILES string of the molecule is CC(=O)Nc1cccc(C2C(C(=O)OCC(C)C)=C(C)N=C3SCCCN32)c1. The molecule has 2 heterocycles. The topological polar surface area (TPSA) is 71.0 Å². The van der Waals surface area contributed by atoms with Gasteiger partial charge in [0, 0.05) is 24.9 Å². The molecule has 28 heavy (non-hydrogen) atoms. The number of thioether (sulfide) groups is 1. The highest BCUT2D eigenvalue weighted by Gasteiger charge is 2.38. The van der Waals surface area contributed by atoms with Crippen LogP contribution in [-0.4, -0.2) is 40.8 Å². The van der Waals surface area contributed by atoms with E-state index < -0.39 is 0 Å². The Bertz CT molecular complexity index is 832. The summed E-state index contributed by atoms with van der Waals surface area (Å²) in [5.41, 5.74) is 2.93. The summed E-state index contributed by atoms with van der Waals surface area (Å²) in [6, 6.07) is 7.39. The fraction of sp³-hybridized carbons (Fsp3) is 0.476. The van der Waals surface area contributed by atoms with Crippen molar-refractivity contribution in [2.24, 2.45) is 10.9 Å². The van der Waals surface area contributed by atoms with Crippen molar-refractivity contribution >= 4 is 34.5 Å². The highest BCUT2D eigenvalue weighted by Crippen LogP contribution is 2.40. The van der Waals surface area contributed by atoms with Gasteiger partial charge >= 0.3 is 5.97 Å². The van der Waals surface area contributed by atoms with Crippen LogP contribution in [0.1, 0.15) is 45.7 Å². The second-order valence-corrected chi connectivity index (χ2v) is 8.55. The smallest absolute Gasteiger partial charge is 0.338 e. The van der Waals surface area contributed by atoms with E-state index in [-0.39, 0.29) is 23.8 Å². The molecule has 0 aromatic heterocycles. The number of benzene rings is 1. The van der Waals surface area contributed by atoms with Crippen molar-refractivity contribution in [2.45, 2.75) is 40.2 Å². The van der Waals surface area contributed by atoms with Crippen LogP contribution in [0.5, 0.6) is 0 Å². The lowest BCUT2D eigenvalue weighted by Gasteiger charge is -2.40. The highest BCUT2D eigenvalue weighted by atomic mass is 32.2. The number of nitrogens with zero attached hydrogens (tertiary/aromatic N) is 2. The Morgan fingerprint density at radius 2 is 2.18 bits per heavy atom. The van der Waals surface area contributed by atoms with Crippen molar-refractivity contribution in [3.8, 4) is 0 Å². The lowest BCUT2D eigenvalue weighted by Crippen LogP contribution is -2.42. The lowest BCUT2D eigenvalue weighted by molar-refractivity contribution is -0.141. The molecule has 2 aliphatic rings. The fourth-order valence-electron chi connectivity index (χ4n) is 3.39. The first kappa shape index (κ1) is 20.5. The number of esters is 1. The number of hydrogen-bond donors (Lipinski definition) is 1. The first-order valence-electron chi connectivity index (χ1n) is 9.60. The van der Waals surface area contributed by atoms with E-state index in [9.17, 15) is 9.59 Å². The first-order chi connectivity index (χ1) is 13.4. The Balaban J connectivity index is 2.02. The van der Waals surface area contributed by atoms with Crippen LogP contribution in [-0.2, 0) is 14.3 Å². The van der Waals surface area contributed by atoms with E-state index in [4.69, 9.17) is 9.73 Å². The average Bonchev–Trinajstić information content (AvgIpc) is 2.64. The summed E-state index contributed by atoms with van der Waals surface area (Å²) in [5.74, 6) is 0.841. The summed E-state index contributed by atoms with van der Waals surface area (Å²) in [5, 5.41) is 3.77. The number of carbonyl (C=O) groups excluding carboxylic acids is 2. The standard InChI is InChI=1S/C21H27N3O3S/c1-13(2)12-27-20(26)18-14(3)22-21-24(9-6-10-28-21)19(18)16-7-5-8-17(11-16)23-15(4)25/h5,7-8,11,13,19H,6,9-10,12H2,1-4H3,(H,23,25). The van der Waals surface area contributed by atoms with E-state index in [0.717, 1.165) is 29.4 Å². The number of nitrogens with one attached hydrogen (secondary N) is 1. The highest BCUT2D eigenvalue weighted by molar-refractivity contribution is 8.13. The number of carbonyl (C=O) groups is 2. The number of amides is 1. The molecule has 0 saturated carbocycles. The first-order valence-corrected chi connectivity index (χ1v) is 10.6. The van der Waals surface area contributed by atoms with Gasteiger partial charge in [0.05, 0.1) is 23.9 Å². The van der Waals surface area contributed by atoms with Crippen molar-refractivity contribution in [3.05, 3.63) is 41.1 Å². The quantitative estimate of drug-likeness (QED) is 0.756. The van der Waals surface area contributed by atoms with Gasteiger partial charge in [-0.1, -0.05) is 37.7 Å². The summed E-state index contributed by atoms with van der Waals surface area (Å²) in [6.45, 7) is 8.59. The normalized spacial score (nSPS) is 19.2. The Labute approximate surface area is 170 Å². The van der Waals surface area contributed by atoms with Gasteiger partial charge in [-0.3, -0.25) is 4.79 Å². The number of rotatable bonds is 5. The molecule has 2 aliphatic heterocycles. The molecule has 7 heteroatoms. The van der Waals surface area contributed by atoms with Crippen LogP contribution in [0, 0.1) is 5.92 Å². The van der Waals surface area contributed by atoms with Gasteiger partial charge < -0.3 is 15.0 Å². The van der Waals surface area contributed by atoms with Crippen molar-refractivity contribution in [3.63, 3.8) is 0 Å². The largest absolute Gasteiger partial charge is 0.462 e. The van der Waals surface area contributed by atoms with E-state index in [0.29, 0.717) is 23.6 Å². The van der Waals surface area contributed by atoms with Crippen LogP contribution in [0.15, 0.2) is 40.5 Å². The Kier molecular flexibility index (Phi) is 6.44. The minimum atomic E-state index is -0.320. The molecule has 1 amide bonds. The third-order valence-electron chi connectivity index (χ3n) is 4.55. The molecule has 1 N–H and O–H groups in total. The number of amidine groups is 1. The molecule has 1 aromatic rings. The van der Waals surface area contributed by atoms with E-state index in [2.05, 4.69) is 10.2 Å². The zero-order valence-electron chi connectivity index (χ0n) is 16.8. The Morgan fingerprint density at radius 3 is 2.89 bits per heavy atom. The van der Waals surface area contributed by atoms with Gasteiger partial charge in [-0.15, -0.1) is 0 Å². The number of aliphatic imine (C=N–C) groups is 1. The van der Waals surface area contributed by atoms with Gasteiger partial charge in [-0.25, -0.2) is 9.79 Å². The molecule has 3 rings (SSSR count). The van der Waals surface area contributed by atoms with Gasteiger partial charge in [0.1, 0.15) is 0 Å². The maximum absolute atomic E-state index is 13.0. The minimum absolute atomic E-state index is 0.125.